The van der Waals surface area contributed by atoms with E-state index in [9.17, 15) is 10.1 Å². The average Bonchev–Trinajstić information content (AvgIpc) is 2.16. The molecule has 0 aliphatic heterocycles. The number of nitrogens with zero attached hydrogens (tertiary/aromatic N) is 2. The van der Waals surface area contributed by atoms with Crippen LogP contribution in [0.5, 0.6) is 0 Å². The van der Waals surface area contributed by atoms with Crippen LogP contribution in [0.2, 0.25) is 0 Å². The van der Waals surface area contributed by atoms with Crippen molar-refractivity contribution in [3.63, 3.8) is 0 Å². The minimum absolute atomic E-state index is 0.0150. The van der Waals surface area contributed by atoms with Crippen molar-refractivity contribution in [2.75, 3.05) is 0 Å². The molecule has 0 radical (unpaired) electrons. The Morgan fingerprint density at radius 3 is 2.71 bits per heavy atom. The third-order valence-electron chi connectivity index (χ3n) is 1.63. The number of nitro groups is 1. The van der Waals surface area contributed by atoms with Gasteiger partial charge in [-0.3, -0.25) is 10.1 Å². The summed E-state index contributed by atoms with van der Waals surface area (Å²) >= 11 is 5.15. The molecule has 0 aliphatic rings. The van der Waals surface area contributed by atoms with E-state index in [1.54, 1.807) is 6.07 Å². The fourth-order valence-electron chi connectivity index (χ4n) is 0.966. The Morgan fingerprint density at radius 2 is 2.29 bits per heavy atom. The summed E-state index contributed by atoms with van der Waals surface area (Å²) in [6.45, 7) is 0. The molecule has 0 atom stereocenters. The van der Waals surface area contributed by atoms with Crippen molar-refractivity contribution in [3.8, 4) is 6.07 Å². The molecular weight excluding hydrogens is 363 g/mol. The molecule has 0 saturated carbocycles. The minimum Gasteiger partial charge on any atom is -0.258 e. The standard InChI is InChI=1S/C8H4BrIN2O2/c9-3-5-1-7(10)6(4-11)2-8(5)12(13)14/h1-2H,3H2. The minimum atomic E-state index is -0.479. The predicted molar refractivity (Wildman–Crippen MR) is 63.2 cm³/mol. The lowest BCUT2D eigenvalue weighted by molar-refractivity contribution is -0.385. The van der Waals surface area contributed by atoms with Crippen LogP contribution in [0.3, 0.4) is 0 Å². The zero-order valence-electron chi connectivity index (χ0n) is 6.83. The second-order valence-electron chi connectivity index (χ2n) is 2.46. The van der Waals surface area contributed by atoms with Gasteiger partial charge in [-0.1, -0.05) is 15.9 Å². The van der Waals surface area contributed by atoms with Crippen LogP contribution >= 0.6 is 38.5 Å². The van der Waals surface area contributed by atoms with Crippen molar-refractivity contribution < 1.29 is 4.92 Å². The molecule has 0 saturated heterocycles. The summed E-state index contributed by atoms with van der Waals surface area (Å²) in [5, 5.41) is 19.7. The van der Waals surface area contributed by atoms with Crippen LogP contribution in [0, 0.1) is 25.0 Å². The maximum Gasteiger partial charge on any atom is 0.274 e. The highest BCUT2D eigenvalue weighted by Crippen LogP contribution is 2.26. The molecule has 6 heteroatoms. The molecule has 0 spiro atoms. The molecule has 0 unspecified atom stereocenters. The third-order valence-corrected chi connectivity index (χ3v) is 3.13. The smallest absolute Gasteiger partial charge is 0.258 e. The van der Waals surface area contributed by atoms with Crippen LogP contribution in [0.1, 0.15) is 11.1 Å². The number of nitro benzene ring substituents is 1. The number of rotatable bonds is 2. The Morgan fingerprint density at radius 1 is 1.64 bits per heavy atom. The molecule has 14 heavy (non-hydrogen) atoms. The molecule has 72 valence electrons. The second-order valence-corrected chi connectivity index (χ2v) is 4.19. The molecule has 0 bridgehead atoms. The molecule has 0 aromatic heterocycles. The van der Waals surface area contributed by atoms with E-state index in [-0.39, 0.29) is 5.69 Å². The van der Waals surface area contributed by atoms with Gasteiger partial charge >= 0.3 is 0 Å². The van der Waals surface area contributed by atoms with Gasteiger partial charge in [-0.2, -0.15) is 5.26 Å². The van der Waals surface area contributed by atoms with Crippen molar-refractivity contribution in [3.05, 3.63) is 36.9 Å². The number of nitriles is 1. The van der Waals surface area contributed by atoms with Crippen molar-refractivity contribution in [2.24, 2.45) is 0 Å². The summed E-state index contributed by atoms with van der Waals surface area (Å²) in [6, 6.07) is 4.86. The van der Waals surface area contributed by atoms with Gasteiger partial charge in [0.25, 0.3) is 5.69 Å². The number of hydrogen-bond acceptors (Lipinski definition) is 3. The maximum absolute atomic E-state index is 10.6. The summed E-state index contributed by atoms with van der Waals surface area (Å²) in [7, 11) is 0. The van der Waals surface area contributed by atoms with Gasteiger partial charge in [0.05, 0.1) is 10.5 Å². The Balaban J connectivity index is 3.42. The predicted octanol–water partition coefficient (Wildman–Crippen LogP) is 2.97. The van der Waals surface area contributed by atoms with Crippen LogP contribution in [0.25, 0.3) is 0 Å². The van der Waals surface area contributed by atoms with Crippen LogP contribution in [-0.2, 0) is 5.33 Å². The van der Waals surface area contributed by atoms with Crippen LogP contribution in [0.15, 0.2) is 12.1 Å². The first-order valence-corrected chi connectivity index (χ1v) is 5.73. The fourth-order valence-corrected chi connectivity index (χ4v) is 2.07. The summed E-state index contributed by atoms with van der Waals surface area (Å²) in [5.41, 5.74) is 0.902. The molecule has 0 fully saturated rings. The van der Waals surface area contributed by atoms with Gasteiger partial charge in [0, 0.05) is 20.5 Å². The first-order valence-electron chi connectivity index (χ1n) is 3.53. The van der Waals surface area contributed by atoms with Gasteiger partial charge in [0.15, 0.2) is 0 Å². The van der Waals surface area contributed by atoms with Gasteiger partial charge in [0.1, 0.15) is 6.07 Å². The van der Waals surface area contributed by atoms with E-state index in [0.29, 0.717) is 16.5 Å². The zero-order chi connectivity index (χ0) is 10.7. The first kappa shape index (κ1) is 11.4. The monoisotopic (exact) mass is 366 g/mol. The fraction of sp³-hybridized carbons (Fsp3) is 0.125. The van der Waals surface area contributed by atoms with Gasteiger partial charge in [-0.05, 0) is 28.7 Å². The highest BCUT2D eigenvalue weighted by molar-refractivity contribution is 14.1. The average molecular weight is 367 g/mol. The van der Waals surface area contributed by atoms with Crippen molar-refractivity contribution in [1.29, 1.82) is 5.26 Å². The third kappa shape index (κ3) is 2.22. The van der Waals surface area contributed by atoms with E-state index in [0.717, 1.165) is 3.57 Å². The lowest BCUT2D eigenvalue weighted by Crippen LogP contribution is -1.96. The van der Waals surface area contributed by atoms with Gasteiger partial charge in [-0.15, -0.1) is 0 Å². The molecule has 0 amide bonds. The highest BCUT2D eigenvalue weighted by atomic mass is 127. The molecule has 0 aliphatic carbocycles. The molecule has 1 rings (SSSR count). The number of benzene rings is 1. The van der Waals surface area contributed by atoms with E-state index in [1.165, 1.54) is 6.07 Å². The molecule has 1 aromatic carbocycles. The lowest BCUT2D eigenvalue weighted by atomic mass is 10.1. The maximum atomic E-state index is 10.6. The molecular formula is C8H4BrIN2O2. The van der Waals surface area contributed by atoms with Crippen LogP contribution in [0.4, 0.5) is 5.69 Å². The van der Waals surface area contributed by atoms with E-state index < -0.39 is 4.92 Å². The summed E-state index contributed by atoms with van der Waals surface area (Å²) in [5.74, 6) is 0. The van der Waals surface area contributed by atoms with E-state index >= 15 is 0 Å². The largest absolute Gasteiger partial charge is 0.274 e. The number of halogens is 2. The molecule has 0 N–H and O–H groups in total. The normalized spacial score (nSPS) is 9.50. The Hall–Kier alpha value is -0.680. The Kier molecular flexibility index (Phi) is 3.83. The molecule has 1 aromatic rings. The quantitative estimate of drug-likeness (QED) is 0.350. The van der Waals surface area contributed by atoms with Crippen LogP contribution in [-0.4, -0.2) is 4.92 Å². The molecule has 4 nitrogen and oxygen atoms in total. The van der Waals surface area contributed by atoms with Crippen molar-refractivity contribution in [1.82, 2.24) is 0 Å². The topological polar surface area (TPSA) is 66.9 Å². The summed E-state index contributed by atoms with van der Waals surface area (Å²) in [6.07, 6.45) is 0. The number of alkyl halides is 1. The summed E-state index contributed by atoms with van der Waals surface area (Å²) < 4.78 is 0.727. The second kappa shape index (κ2) is 4.70. The molecule has 0 heterocycles. The van der Waals surface area contributed by atoms with Gasteiger partial charge in [-0.25, -0.2) is 0 Å². The SMILES string of the molecule is N#Cc1cc([N+](=O)[O-])c(CBr)cc1I. The van der Waals surface area contributed by atoms with E-state index in [2.05, 4.69) is 15.9 Å². The zero-order valence-corrected chi connectivity index (χ0v) is 10.6. The lowest BCUT2D eigenvalue weighted by Gasteiger charge is -2.01. The van der Waals surface area contributed by atoms with E-state index in [1.807, 2.05) is 28.7 Å². The number of hydrogen-bond donors (Lipinski definition) is 0. The van der Waals surface area contributed by atoms with Gasteiger partial charge < -0.3 is 0 Å². The highest BCUT2D eigenvalue weighted by Gasteiger charge is 2.15. The Labute approximate surface area is 102 Å². The Bertz CT molecular complexity index is 428. The van der Waals surface area contributed by atoms with Gasteiger partial charge in [0.2, 0.25) is 0 Å². The first-order chi connectivity index (χ1) is 6.60. The van der Waals surface area contributed by atoms with Crippen molar-refractivity contribution >= 4 is 44.2 Å². The summed E-state index contributed by atoms with van der Waals surface area (Å²) in [4.78, 5) is 10.2. The van der Waals surface area contributed by atoms with Crippen LogP contribution < -0.4 is 0 Å². The van der Waals surface area contributed by atoms with Crippen molar-refractivity contribution in [2.45, 2.75) is 5.33 Å². The van der Waals surface area contributed by atoms with E-state index in [4.69, 9.17) is 5.26 Å².